The van der Waals surface area contributed by atoms with Gasteiger partial charge < -0.3 is 25.4 Å². The van der Waals surface area contributed by atoms with Crippen LogP contribution >= 0.6 is 0 Å². The minimum absolute atomic E-state index is 0.0499. The first-order valence-corrected chi connectivity index (χ1v) is 10.5. The average Bonchev–Trinajstić information content (AvgIpc) is 2.69. The summed E-state index contributed by atoms with van der Waals surface area (Å²) in [6.07, 6.45) is 8.57. The number of aryl methyl sites for hydroxylation is 1. The van der Waals surface area contributed by atoms with E-state index >= 15 is 0 Å². The van der Waals surface area contributed by atoms with E-state index in [0.717, 1.165) is 24.2 Å². The van der Waals surface area contributed by atoms with Crippen molar-refractivity contribution < 1.29 is 24.5 Å². The Labute approximate surface area is 169 Å². The number of aliphatic hydroxyl groups is 2. The van der Waals surface area contributed by atoms with Crippen LogP contribution in [-0.2, 0) is 16.0 Å². The Balaban J connectivity index is 2.39. The van der Waals surface area contributed by atoms with Crippen LogP contribution in [0.1, 0.15) is 63.9 Å². The van der Waals surface area contributed by atoms with E-state index in [-0.39, 0.29) is 39.3 Å². The third-order valence-corrected chi connectivity index (χ3v) is 4.87. The molecule has 0 aliphatic rings. The van der Waals surface area contributed by atoms with Crippen molar-refractivity contribution in [1.82, 2.24) is 0 Å². The van der Waals surface area contributed by atoms with Crippen LogP contribution in [0.15, 0.2) is 24.3 Å². The van der Waals surface area contributed by atoms with Gasteiger partial charge in [0.1, 0.15) is 24.5 Å². The van der Waals surface area contributed by atoms with Gasteiger partial charge >= 0.3 is 5.97 Å². The second-order valence-electron chi connectivity index (χ2n) is 7.21. The molecule has 0 aromatic heterocycles. The van der Waals surface area contributed by atoms with Gasteiger partial charge in [0.2, 0.25) is 0 Å². The van der Waals surface area contributed by atoms with Crippen molar-refractivity contribution in [1.29, 1.82) is 0 Å². The van der Waals surface area contributed by atoms with Crippen molar-refractivity contribution in [3.05, 3.63) is 29.8 Å². The van der Waals surface area contributed by atoms with Gasteiger partial charge in [0.15, 0.2) is 0 Å². The van der Waals surface area contributed by atoms with Crippen LogP contribution in [0.4, 0.5) is 0 Å². The predicted octanol–water partition coefficient (Wildman–Crippen LogP) is 2.97. The molecule has 0 fully saturated rings. The van der Waals surface area contributed by atoms with E-state index < -0.39 is 11.5 Å². The van der Waals surface area contributed by atoms with Gasteiger partial charge in [-0.2, -0.15) is 0 Å². The van der Waals surface area contributed by atoms with E-state index in [4.69, 9.17) is 25.4 Å². The number of hydrogen-bond donors (Lipinski definition) is 3. The summed E-state index contributed by atoms with van der Waals surface area (Å²) in [7, 11) is 0. The first-order valence-electron chi connectivity index (χ1n) is 10.5. The lowest BCUT2D eigenvalue weighted by Crippen LogP contribution is -2.50. The number of hydrogen-bond acceptors (Lipinski definition) is 6. The number of ether oxygens (including phenoxy) is 2. The topological polar surface area (TPSA) is 102 Å². The quantitative estimate of drug-likeness (QED) is 0.294. The molecule has 0 atom stereocenters. The third kappa shape index (κ3) is 9.04. The molecule has 0 aliphatic carbocycles. The van der Waals surface area contributed by atoms with Crippen molar-refractivity contribution >= 4 is 5.97 Å². The molecule has 0 heterocycles. The smallest absolute Gasteiger partial charge is 0.326 e. The maximum atomic E-state index is 12.1. The van der Waals surface area contributed by atoms with Crippen molar-refractivity contribution in [2.45, 2.75) is 70.3 Å². The zero-order valence-electron chi connectivity index (χ0n) is 17.2. The van der Waals surface area contributed by atoms with Gasteiger partial charge in [-0.15, -0.1) is 0 Å². The summed E-state index contributed by atoms with van der Waals surface area (Å²) in [4.78, 5) is 12.1. The minimum atomic E-state index is -1.36. The summed E-state index contributed by atoms with van der Waals surface area (Å²) in [5.41, 5.74) is 5.75. The maximum Gasteiger partial charge on any atom is 0.326 e. The molecule has 6 nitrogen and oxygen atoms in total. The summed E-state index contributed by atoms with van der Waals surface area (Å²) in [6.45, 7) is 2.03. The lowest BCUT2D eigenvalue weighted by atomic mass is 9.93. The van der Waals surface area contributed by atoms with E-state index in [9.17, 15) is 4.79 Å². The van der Waals surface area contributed by atoms with Gasteiger partial charge in [0.25, 0.3) is 0 Å². The Hall–Kier alpha value is -1.63. The van der Waals surface area contributed by atoms with Crippen molar-refractivity contribution in [3.63, 3.8) is 0 Å². The van der Waals surface area contributed by atoms with Gasteiger partial charge in [-0.25, -0.2) is 0 Å². The Morgan fingerprint density at radius 3 is 2.32 bits per heavy atom. The molecule has 0 spiro atoms. The number of aliphatic hydroxyl groups excluding tert-OH is 2. The highest BCUT2D eigenvalue weighted by Gasteiger charge is 2.34. The molecule has 4 N–H and O–H groups in total. The third-order valence-electron chi connectivity index (χ3n) is 4.87. The molecule has 1 aromatic rings. The van der Waals surface area contributed by atoms with Crippen LogP contribution < -0.4 is 10.5 Å². The SMILES string of the molecule is CCCCCCCCc1ccccc1OCCOC(=O)C(N)(CCO)CCO. The molecule has 160 valence electrons. The summed E-state index contributed by atoms with van der Waals surface area (Å²) < 4.78 is 11.0. The fourth-order valence-corrected chi connectivity index (χ4v) is 3.10. The number of esters is 1. The van der Waals surface area contributed by atoms with E-state index in [0.29, 0.717) is 0 Å². The number of para-hydroxylation sites is 1. The highest BCUT2D eigenvalue weighted by atomic mass is 16.6. The van der Waals surface area contributed by atoms with Crippen LogP contribution in [0.2, 0.25) is 0 Å². The summed E-state index contributed by atoms with van der Waals surface area (Å²) in [5.74, 6) is 0.191. The number of benzene rings is 1. The lowest BCUT2D eigenvalue weighted by molar-refractivity contribution is -0.152. The molecule has 28 heavy (non-hydrogen) atoms. The first-order chi connectivity index (χ1) is 13.6. The van der Waals surface area contributed by atoms with Crippen molar-refractivity contribution in [2.75, 3.05) is 26.4 Å². The number of unbranched alkanes of at least 4 members (excludes halogenated alkanes) is 5. The Morgan fingerprint density at radius 2 is 1.64 bits per heavy atom. The van der Waals surface area contributed by atoms with Crippen LogP contribution in [0.3, 0.4) is 0 Å². The standard InChI is InChI=1S/C22H37NO5/c1-2-3-4-5-6-7-10-19-11-8-9-12-20(19)27-17-18-28-21(26)22(23,13-15-24)14-16-25/h8-9,11-12,24-25H,2-7,10,13-18,23H2,1H3. The average molecular weight is 396 g/mol. The number of rotatable bonds is 16. The lowest BCUT2D eigenvalue weighted by Gasteiger charge is -2.25. The van der Waals surface area contributed by atoms with Gasteiger partial charge in [-0.3, -0.25) is 4.79 Å². The summed E-state index contributed by atoms with van der Waals surface area (Å²) >= 11 is 0. The number of carbonyl (C=O) groups excluding carboxylic acids is 1. The zero-order valence-corrected chi connectivity index (χ0v) is 17.2. The Bertz CT molecular complexity index is 543. The molecular weight excluding hydrogens is 358 g/mol. The van der Waals surface area contributed by atoms with Gasteiger partial charge in [-0.1, -0.05) is 57.2 Å². The molecule has 0 bridgehead atoms. The predicted molar refractivity (Wildman–Crippen MR) is 110 cm³/mol. The molecule has 0 amide bonds. The first kappa shape index (κ1) is 24.4. The maximum absolute atomic E-state index is 12.1. The summed E-state index contributed by atoms with van der Waals surface area (Å²) in [6, 6.07) is 7.94. The molecule has 1 aromatic carbocycles. The van der Waals surface area contributed by atoms with Gasteiger partial charge in [0.05, 0.1) is 0 Å². The highest BCUT2D eigenvalue weighted by molar-refractivity contribution is 5.80. The van der Waals surface area contributed by atoms with Crippen molar-refractivity contribution in [3.8, 4) is 5.75 Å². The summed E-state index contributed by atoms with van der Waals surface area (Å²) in [5, 5.41) is 18.1. The minimum Gasteiger partial charge on any atom is -0.490 e. The molecule has 0 aliphatic heterocycles. The van der Waals surface area contributed by atoms with Crippen LogP contribution in [-0.4, -0.2) is 48.1 Å². The second kappa shape index (κ2) is 14.4. The van der Waals surface area contributed by atoms with E-state index in [1.54, 1.807) is 0 Å². The molecule has 0 unspecified atom stereocenters. The largest absolute Gasteiger partial charge is 0.490 e. The van der Waals surface area contributed by atoms with E-state index in [1.165, 1.54) is 32.1 Å². The van der Waals surface area contributed by atoms with E-state index in [2.05, 4.69) is 13.0 Å². The Morgan fingerprint density at radius 1 is 1.00 bits per heavy atom. The zero-order chi connectivity index (χ0) is 20.7. The molecule has 0 saturated heterocycles. The van der Waals surface area contributed by atoms with Crippen LogP contribution in [0.25, 0.3) is 0 Å². The Kier molecular flexibility index (Phi) is 12.5. The fraction of sp³-hybridized carbons (Fsp3) is 0.682. The van der Waals surface area contributed by atoms with Crippen LogP contribution in [0, 0.1) is 0 Å². The van der Waals surface area contributed by atoms with Gasteiger partial charge in [-0.05, 0) is 37.3 Å². The second-order valence-corrected chi connectivity index (χ2v) is 7.21. The van der Waals surface area contributed by atoms with Gasteiger partial charge in [0, 0.05) is 13.2 Å². The highest BCUT2D eigenvalue weighted by Crippen LogP contribution is 2.21. The molecule has 1 rings (SSSR count). The van der Waals surface area contributed by atoms with E-state index in [1.807, 2.05) is 18.2 Å². The number of carbonyl (C=O) groups is 1. The monoisotopic (exact) mass is 395 g/mol. The normalized spacial score (nSPS) is 11.4. The number of nitrogens with two attached hydrogens (primary N) is 1. The molecule has 6 heteroatoms. The molecule has 0 radical (unpaired) electrons. The van der Waals surface area contributed by atoms with Crippen molar-refractivity contribution in [2.24, 2.45) is 5.73 Å². The molecule has 0 saturated carbocycles. The molecular formula is C22H37NO5. The van der Waals surface area contributed by atoms with Crippen LogP contribution in [0.5, 0.6) is 5.75 Å². The fourth-order valence-electron chi connectivity index (χ4n) is 3.10.